The molecule has 28 heavy (non-hydrogen) atoms. The van der Waals surface area contributed by atoms with Crippen LogP contribution in [-0.2, 0) is 6.54 Å². The van der Waals surface area contributed by atoms with Crippen molar-refractivity contribution in [2.75, 3.05) is 0 Å². The first-order valence-electron chi connectivity index (χ1n) is 9.25. The maximum atomic E-state index is 13.1. The lowest BCUT2D eigenvalue weighted by Crippen LogP contribution is -2.22. The van der Waals surface area contributed by atoms with Gasteiger partial charge in [0, 0.05) is 24.0 Å². The van der Waals surface area contributed by atoms with E-state index in [2.05, 4.69) is 18.8 Å². The lowest BCUT2D eigenvalue weighted by Gasteiger charge is -2.10. The first kappa shape index (κ1) is 18.4. The molecule has 5 nitrogen and oxygen atoms in total. The van der Waals surface area contributed by atoms with E-state index >= 15 is 0 Å². The number of hydrogen-bond donors (Lipinski definition) is 0. The molecule has 0 saturated carbocycles. The topological polar surface area (TPSA) is 56.9 Å². The number of aryl methyl sites for hydroxylation is 1. The van der Waals surface area contributed by atoms with Crippen LogP contribution in [0.15, 0.2) is 64.4 Å². The van der Waals surface area contributed by atoms with E-state index in [0.29, 0.717) is 45.0 Å². The molecule has 0 bridgehead atoms. The van der Waals surface area contributed by atoms with Crippen molar-refractivity contribution < 1.29 is 0 Å². The van der Waals surface area contributed by atoms with Crippen molar-refractivity contribution in [1.29, 1.82) is 0 Å². The predicted octanol–water partition coefficient (Wildman–Crippen LogP) is 4.40. The number of hydrogen-bond acceptors (Lipinski definition) is 3. The fourth-order valence-electron chi connectivity index (χ4n) is 3.27. The lowest BCUT2D eigenvalue weighted by molar-refractivity contribution is 0.509. The molecule has 1 aromatic carbocycles. The molecular weight excluding hydrogens is 374 g/mol. The summed E-state index contributed by atoms with van der Waals surface area (Å²) in [5.74, 6) is 0.502. The largest absolute Gasteiger partial charge is 0.315 e. The minimum atomic E-state index is -0.230. The summed E-state index contributed by atoms with van der Waals surface area (Å²) in [6.07, 6.45) is 4.37. The molecule has 0 aliphatic heterocycles. The van der Waals surface area contributed by atoms with Crippen LogP contribution in [0.5, 0.6) is 0 Å². The van der Waals surface area contributed by atoms with Crippen molar-refractivity contribution in [2.45, 2.75) is 26.8 Å². The van der Waals surface area contributed by atoms with Gasteiger partial charge < -0.3 is 4.57 Å². The summed E-state index contributed by atoms with van der Waals surface area (Å²) in [6, 6.07) is 12.4. The molecule has 142 valence electrons. The number of pyridine rings is 3. The molecular formula is C22H20ClN3O2. The predicted molar refractivity (Wildman–Crippen MR) is 114 cm³/mol. The van der Waals surface area contributed by atoms with Gasteiger partial charge in [0.15, 0.2) is 0 Å². The molecule has 0 atom stereocenters. The Morgan fingerprint density at radius 3 is 2.39 bits per heavy atom. The van der Waals surface area contributed by atoms with Gasteiger partial charge in [-0.25, -0.2) is 4.98 Å². The average molecular weight is 394 g/mol. The molecule has 3 aromatic heterocycles. The van der Waals surface area contributed by atoms with E-state index in [4.69, 9.17) is 11.6 Å². The molecule has 3 heterocycles. The molecule has 0 N–H and O–H groups in total. The fraction of sp³-hybridized carbons (Fsp3) is 0.227. The zero-order valence-electron chi connectivity index (χ0n) is 15.7. The maximum absolute atomic E-state index is 13.1. The summed E-state index contributed by atoms with van der Waals surface area (Å²) in [5.41, 5.74) is 1.48. The Morgan fingerprint density at radius 2 is 1.68 bits per heavy atom. The third-order valence-corrected chi connectivity index (χ3v) is 5.08. The molecule has 4 aromatic rings. The summed E-state index contributed by atoms with van der Waals surface area (Å²) in [7, 11) is 0. The Bertz CT molecular complexity index is 1300. The molecule has 4 rings (SSSR count). The van der Waals surface area contributed by atoms with Crippen LogP contribution in [0.1, 0.15) is 20.3 Å². The Hall–Kier alpha value is -2.92. The smallest absolute Gasteiger partial charge is 0.264 e. The highest BCUT2D eigenvalue weighted by atomic mass is 35.5. The molecule has 0 unspecified atom stereocenters. The van der Waals surface area contributed by atoms with Crippen molar-refractivity contribution in [3.05, 3.63) is 80.6 Å². The summed E-state index contributed by atoms with van der Waals surface area (Å²) in [6.45, 7) is 4.89. The maximum Gasteiger partial charge on any atom is 0.264 e. The Morgan fingerprint density at radius 1 is 0.964 bits per heavy atom. The molecule has 0 radical (unpaired) electrons. The standard InChI is InChI=1S/C22H20ClN3O2/c1-14(2)6-9-25-10-7-19-17(21(25)27)13-18-20(24-19)8-11-26(22(18)28)16-5-3-4-15(23)12-16/h3-5,7-8,10-14H,6,9H2,1-2H3. The van der Waals surface area contributed by atoms with Gasteiger partial charge in [-0.3, -0.25) is 14.2 Å². The molecule has 0 saturated heterocycles. The van der Waals surface area contributed by atoms with E-state index in [-0.39, 0.29) is 11.1 Å². The van der Waals surface area contributed by atoms with Crippen LogP contribution in [0, 0.1) is 5.92 Å². The van der Waals surface area contributed by atoms with Crippen LogP contribution in [0.25, 0.3) is 27.5 Å². The lowest BCUT2D eigenvalue weighted by atomic mass is 10.1. The van der Waals surface area contributed by atoms with Gasteiger partial charge in [0.05, 0.1) is 27.5 Å². The third-order valence-electron chi connectivity index (χ3n) is 4.85. The van der Waals surface area contributed by atoms with Gasteiger partial charge in [-0.1, -0.05) is 31.5 Å². The van der Waals surface area contributed by atoms with Gasteiger partial charge in [0.25, 0.3) is 11.1 Å². The molecule has 0 fully saturated rings. The minimum absolute atomic E-state index is 0.120. The number of aromatic nitrogens is 3. The molecule has 0 spiro atoms. The molecule has 6 heteroatoms. The second-order valence-electron chi connectivity index (χ2n) is 7.32. The Balaban J connectivity index is 1.92. The Kier molecular flexibility index (Phi) is 4.77. The van der Waals surface area contributed by atoms with Gasteiger partial charge in [-0.15, -0.1) is 0 Å². The summed E-state index contributed by atoms with van der Waals surface area (Å²) < 4.78 is 3.20. The quantitative estimate of drug-likeness (QED) is 0.483. The van der Waals surface area contributed by atoms with Crippen molar-refractivity contribution >= 4 is 33.4 Å². The van der Waals surface area contributed by atoms with E-state index in [1.165, 1.54) is 4.57 Å². The number of halogens is 1. The first-order chi connectivity index (χ1) is 13.4. The van der Waals surface area contributed by atoms with Crippen LogP contribution in [-0.4, -0.2) is 14.1 Å². The van der Waals surface area contributed by atoms with Crippen molar-refractivity contribution in [2.24, 2.45) is 5.92 Å². The summed E-state index contributed by atoms with van der Waals surface area (Å²) in [4.78, 5) is 30.5. The molecule has 0 amide bonds. The SMILES string of the molecule is CC(C)CCn1ccc2nc3ccn(-c4cccc(Cl)c4)c(=O)c3cc2c1=O. The van der Waals surface area contributed by atoms with E-state index in [0.717, 1.165) is 6.42 Å². The zero-order chi connectivity index (χ0) is 19.8. The van der Waals surface area contributed by atoms with Crippen LogP contribution in [0.4, 0.5) is 0 Å². The fourth-order valence-corrected chi connectivity index (χ4v) is 3.45. The van der Waals surface area contributed by atoms with E-state index < -0.39 is 0 Å². The zero-order valence-corrected chi connectivity index (χ0v) is 16.5. The second-order valence-corrected chi connectivity index (χ2v) is 7.76. The van der Waals surface area contributed by atoms with E-state index in [9.17, 15) is 9.59 Å². The second kappa shape index (κ2) is 7.24. The third kappa shape index (κ3) is 3.34. The van der Waals surface area contributed by atoms with Gasteiger partial charge in [0.1, 0.15) is 0 Å². The highest BCUT2D eigenvalue weighted by Crippen LogP contribution is 2.18. The normalized spacial score (nSPS) is 11.6. The summed E-state index contributed by atoms with van der Waals surface area (Å²) >= 11 is 6.06. The van der Waals surface area contributed by atoms with E-state index in [1.807, 2.05) is 12.1 Å². The van der Waals surface area contributed by atoms with Crippen LogP contribution in [0.3, 0.4) is 0 Å². The Labute approximate surface area is 166 Å². The molecule has 0 aliphatic carbocycles. The van der Waals surface area contributed by atoms with Crippen molar-refractivity contribution in [1.82, 2.24) is 14.1 Å². The van der Waals surface area contributed by atoms with Gasteiger partial charge in [-0.05, 0) is 48.7 Å². The van der Waals surface area contributed by atoms with Gasteiger partial charge >= 0.3 is 0 Å². The highest BCUT2D eigenvalue weighted by molar-refractivity contribution is 6.30. The van der Waals surface area contributed by atoms with Gasteiger partial charge in [0.2, 0.25) is 0 Å². The highest BCUT2D eigenvalue weighted by Gasteiger charge is 2.11. The van der Waals surface area contributed by atoms with Crippen LogP contribution >= 0.6 is 11.6 Å². The number of fused-ring (bicyclic) bond motifs is 2. The van der Waals surface area contributed by atoms with Crippen LogP contribution in [0.2, 0.25) is 5.02 Å². The number of rotatable bonds is 4. The van der Waals surface area contributed by atoms with Crippen LogP contribution < -0.4 is 11.1 Å². The summed E-state index contributed by atoms with van der Waals surface area (Å²) in [5, 5.41) is 1.42. The van der Waals surface area contributed by atoms with Gasteiger partial charge in [-0.2, -0.15) is 0 Å². The monoisotopic (exact) mass is 393 g/mol. The minimum Gasteiger partial charge on any atom is -0.315 e. The molecule has 0 aliphatic rings. The first-order valence-corrected chi connectivity index (χ1v) is 9.63. The number of benzene rings is 1. The van der Waals surface area contributed by atoms with E-state index in [1.54, 1.807) is 47.3 Å². The van der Waals surface area contributed by atoms with Crippen molar-refractivity contribution in [3.63, 3.8) is 0 Å². The number of nitrogens with zero attached hydrogens (tertiary/aromatic N) is 3. The van der Waals surface area contributed by atoms with Crippen molar-refractivity contribution in [3.8, 4) is 5.69 Å². The average Bonchev–Trinajstić information content (AvgIpc) is 2.67.